The van der Waals surface area contributed by atoms with Gasteiger partial charge in [-0.2, -0.15) is 0 Å². The van der Waals surface area contributed by atoms with Crippen molar-refractivity contribution >= 4 is 0 Å². The summed E-state index contributed by atoms with van der Waals surface area (Å²) < 4.78 is 5.66. The van der Waals surface area contributed by atoms with E-state index in [0.717, 1.165) is 23.4 Å². The number of hydrogen-bond acceptors (Lipinski definition) is 3. The van der Waals surface area contributed by atoms with E-state index < -0.39 is 6.10 Å². The molecule has 1 aromatic carbocycles. The Morgan fingerprint density at radius 3 is 2.59 bits per heavy atom. The van der Waals surface area contributed by atoms with Crippen molar-refractivity contribution in [2.45, 2.75) is 39.9 Å². The molecule has 0 saturated heterocycles. The molecule has 3 nitrogen and oxygen atoms in total. The zero-order valence-electron chi connectivity index (χ0n) is 11.2. The first-order valence-electron chi connectivity index (χ1n) is 6.20. The lowest BCUT2D eigenvalue weighted by atomic mass is 10.1. The lowest BCUT2D eigenvalue weighted by Gasteiger charge is -2.16. The number of ether oxygens (including phenoxy) is 1. The highest BCUT2D eigenvalue weighted by Crippen LogP contribution is 2.23. The van der Waals surface area contributed by atoms with E-state index >= 15 is 0 Å². The van der Waals surface area contributed by atoms with Crippen molar-refractivity contribution < 1.29 is 9.84 Å². The Morgan fingerprint density at radius 1 is 1.35 bits per heavy atom. The van der Waals surface area contributed by atoms with Crippen LogP contribution in [-0.2, 0) is 0 Å². The first-order valence-corrected chi connectivity index (χ1v) is 6.20. The Balaban J connectivity index is 2.73. The molecule has 1 rings (SSSR count). The fourth-order valence-corrected chi connectivity index (χ4v) is 1.66. The van der Waals surface area contributed by atoms with Gasteiger partial charge in [0.1, 0.15) is 5.75 Å². The summed E-state index contributed by atoms with van der Waals surface area (Å²) in [4.78, 5) is 0. The van der Waals surface area contributed by atoms with E-state index in [1.807, 2.05) is 45.9 Å². The predicted octanol–water partition coefficient (Wildman–Crippen LogP) is 2.43. The molecule has 0 spiro atoms. The highest BCUT2D eigenvalue weighted by Gasteiger charge is 2.09. The number of aliphatic hydroxyl groups is 1. The lowest BCUT2D eigenvalue weighted by Crippen LogP contribution is -2.20. The van der Waals surface area contributed by atoms with E-state index in [0.29, 0.717) is 6.54 Å². The molecule has 0 saturated carbocycles. The standard InChI is InChI=1S/C14H23NO2/c1-5-15-9-13(16)12-6-7-14(11(4)8-12)17-10(2)3/h6-8,10,13,15-16H,5,9H2,1-4H3. The molecular formula is C14H23NO2. The van der Waals surface area contributed by atoms with Crippen LogP contribution in [0, 0.1) is 6.92 Å². The van der Waals surface area contributed by atoms with Crippen LogP contribution in [0.1, 0.15) is 38.0 Å². The van der Waals surface area contributed by atoms with Crippen molar-refractivity contribution in [2.75, 3.05) is 13.1 Å². The van der Waals surface area contributed by atoms with Crippen LogP contribution in [0.4, 0.5) is 0 Å². The van der Waals surface area contributed by atoms with Gasteiger partial charge >= 0.3 is 0 Å². The normalized spacial score (nSPS) is 12.8. The van der Waals surface area contributed by atoms with Crippen LogP contribution in [0.3, 0.4) is 0 Å². The molecular weight excluding hydrogens is 214 g/mol. The molecule has 96 valence electrons. The number of benzene rings is 1. The number of aliphatic hydroxyl groups excluding tert-OH is 1. The average molecular weight is 237 g/mol. The van der Waals surface area contributed by atoms with Crippen molar-refractivity contribution in [3.63, 3.8) is 0 Å². The van der Waals surface area contributed by atoms with Gasteiger partial charge in [-0.1, -0.05) is 13.0 Å². The highest BCUT2D eigenvalue weighted by molar-refractivity contribution is 5.37. The first-order chi connectivity index (χ1) is 8.04. The maximum Gasteiger partial charge on any atom is 0.122 e. The number of nitrogens with one attached hydrogen (secondary N) is 1. The summed E-state index contributed by atoms with van der Waals surface area (Å²) in [6.45, 7) is 9.49. The van der Waals surface area contributed by atoms with Gasteiger partial charge in [0.2, 0.25) is 0 Å². The molecule has 0 aliphatic rings. The quantitative estimate of drug-likeness (QED) is 0.798. The van der Waals surface area contributed by atoms with E-state index in [1.54, 1.807) is 0 Å². The van der Waals surface area contributed by atoms with Gasteiger partial charge in [0, 0.05) is 6.54 Å². The third-order valence-corrected chi connectivity index (χ3v) is 2.53. The second-order valence-electron chi connectivity index (χ2n) is 4.52. The third kappa shape index (κ3) is 4.36. The van der Waals surface area contributed by atoms with E-state index in [2.05, 4.69) is 5.32 Å². The van der Waals surface area contributed by atoms with Crippen LogP contribution in [0.5, 0.6) is 5.75 Å². The van der Waals surface area contributed by atoms with Gasteiger partial charge in [-0.3, -0.25) is 0 Å². The van der Waals surface area contributed by atoms with Gasteiger partial charge in [0.05, 0.1) is 12.2 Å². The summed E-state index contributed by atoms with van der Waals surface area (Å²) in [7, 11) is 0. The van der Waals surface area contributed by atoms with Crippen LogP contribution in [0.15, 0.2) is 18.2 Å². The number of likely N-dealkylation sites (N-methyl/N-ethyl adjacent to an activating group) is 1. The van der Waals surface area contributed by atoms with Crippen molar-refractivity contribution in [3.05, 3.63) is 29.3 Å². The summed E-state index contributed by atoms with van der Waals surface area (Å²) >= 11 is 0. The summed E-state index contributed by atoms with van der Waals surface area (Å²) in [5.41, 5.74) is 1.99. The van der Waals surface area contributed by atoms with Crippen LogP contribution >= 0.6 is 0 Å². The van der Waals surface area contributed by atoms with Gasteiger partial charge < -0.3 is 15.2 Å². The Labute approximate surface area is 104 Å². The van der Waals surface area contributed by atoms with Crippen molar-refractivity contribution in [1.82, 2.24) is 5.32 Å². The second-order valence-corrected chi connectivity index (χ2v) is 4.52. The Morgan fingerprint density at radius 2 is 2.06 bits per heavy atom. The molecule has 0 heterocycles. The lowest BCUT2D eigenvalue weighted by molar-refractivity contribution is 0.175. The van der Waals surface area contributed by atoms with Crippen LogP contribution in [0.25, 0.3) is 0 Å². The van der Waals surface area contributed by atoms with Gasteiger partial charge in [-0.15, -0.1) is 0 Å². The van der Waals surface area contributed by atoms with Crippen LogP contribution < -0.4 is 10.1 Å². The molecule has 1 unspecified atom stereocenters. The summed E-state index contributed by atoms with van der Waals surface area (Å²) in [6.07, 6.45) is -0.284. The largest absolute Gasteiger partial charge is 0.491 e. The van der Waals surface area contributed by atoms with Gasteiger partial charge in [-0.25, -0.2) is 0 Å². The average Bonchev–Trinajstić information content (AvgIpc) is 2.28. The summed E-state index contributed by atoms with van der Waals surface area (Å²) in [5, 5.41) is 13.1. The van der Waals surface area contributed by atoms with Crippen LogP contribution in [-0.4, -0.2) is 24.3 Å². The molecule has 0 aliphatic carbocycles. The molecule has 17 heavy (non-hydrogen) atoms. The zero-order chi connectivity index (χ0) is 12.8. The first kappa shape index (κ1) is 14.0. The smallest absolute Gasteiger partial charge is 0.122 e. The molecule has 2 N–H and O–H groups in total. The van der Waals surface area contributed by atoms with Crippen LogP contribution in [0.2, 0.25) is 0 Å². The van der Waals surface area contributed by atoms with Gasteiger partial charge in [0.25, 0.3) is 0 Å². The van der Waals surface area contributed by atoms with E-state index in [9.17, 15) is 5.11 Å². The minimum Gasteiger partial charge on any atom is -0.491 e. The fraction of sp³-hybridized carbons (Fsp3) is 0.571. The molecule has 0 aliphatic heterocycles. The summed E-state index contributed by atoms with van der Waals surface area (Å²) in [6, 6.07) is 5.84. The van der Waals surface area contributed by atoms with Crippen molar-refractivity contribution in [3.8, 4) is 5.75 Å². The molecule has 3 heteroatoms. The monoisotopic (exact) mass is 237 g/mol. The Hall–Kier alpha value is -1.06. The summed E-state index contributed by atoms with van der Waals surface area (Å²) in [5.74, 6) is 0.888. The highest BCUT2D eigenvalue weighted by atomic mass is 16.5. The number of hydrogen-bond donors (Lipinski definition) is 2. The topological polar surface area (TPSA) is 41.5 Å². The maximum atomic E-state index is 9.95. The maximum absolute atomic E-state index is 9.95. The Bertz CT molecular complexity index is 350. The molecule has 0 amide bonds. The predicted molar refractivity (Wildman–Crippen MR) is 70.4 cm³/mol. The minimum atomic E-state index is -0.457. The number of rotatable bonds is 6. The van der Waals surface area contributed by atoms with E-state index in [4.69, 9.17) is 4.74 Å². The molecule has 0 aromatic heterocycles. The van der Waals surface area contributed by atoms with Gasteiger partial charge in [0.15, 0.2) is 0 Å². The molecule has 1 aromatic rings. The molecule has 0 radical (unpaired) electrons. The molecule has 0 bridgehead atoms. The third-order valence-electron chi connectivity index (χ3n) is 2.53. The van der Waals surface area contributed by atoms with E-state index in [1.165, 1.54) is 0 Å². The number of aryl methyl sites for hydroxylation is 1. The van der Waals surface area contributed by atoms with Crippen molar-refractivity contribution in [1.29, 1.82) is 0 Å². The fourth-order valence-electron chi connectivity index (χ4n) is 1.66. The molecule has 1 atom stereocenters. The second kappa shape index (κ2) is 6.62. The SMILES string of the molecule is CCNCC(O)c1ccc(OC(C)C)c(C)c1. The Kier molecular flexibility index (Phi) is 5.45. The molecule has 0 fully saturated rings. The zero-order valence-corrected chi connectivity index (χ0v) is 11.2. The minimum absolute atomic E-state index is 0.172. The van der Waals surface area contributed by atoms with Gasteiger partial charge in [-0.05, 0) is 50.6 Å². The van der Waals surface area contributed by atoms with E-state index in [-0.39, 0.29) is 6.10 Å². The van der Waals surface area contributed by atoms with Crippen molar-refractivity contribution in [2.24, 2.45) is 0 Å².